The molecule has 0 spiro atoms. The van der Waals surface area contributed by atoms with Gasteiger partial charge >= 0.3 is 0 Å². The average Bonchev–Trinajstić information content (AvgIpc) is 3.03. The molecule has 3 heterocycles. The van der Waals surface area contributed by atoms with Gasteiger partial charge in [-0.3, -0.25) is 14.0 Å². The number of hydrogen-bond donors (Lipinski definition) is 3. The molecule has 3 N–H and O–H groups in total. The number of amides is 1. The van der Waals surface area contributed by atoms with Crippen LogP contribution in [0.1, 0.15) is 39.4 Å². The van der Waals surface area contributed by atoms with Crippen molar-refractivity contribution in [1.82, 2.24) is 19.5 Å². The molecule has 0 aliphatic heterocycles. The number of hydrogen-bond acceptors (Lipinski definition) is 6. The van der Waals surface area contributed by atoms with Gasteiger partial charge in [0, 0.05) is 6.04 Å². The van der Waals surface area contributed by atoms with Crippen molar-refractivity contribution < 1.29 is 15.0 Å². The molecule has 4 rings (SSSR count). The second-order valence-electron chi connectivity index (χ2n) is 8.18. The van der Waals surface area contributed by atoms with Crippen LogP contribution in [0.2, 0.25) is 4.34 Å². The van der Waals surface area contributed by atoms with Crippen LogP contribution in [-0.4, -0.2) is 41.9 Å². The normalized spacial score (nSPS) is 22.6. The Bertz CT molecular complexity index is 1150. The minimum absolute atomic E-state index is 0.114. The molecular formula is C18H21ClN4O4S. The smallest absolute Gasteiger partial charge is 0.291 e. The zero-order valence-corrected chi connectivity index (χ0v) is 17.3. The Morgan fingerprint density at radius 3 is 2.71 bits per heavy atom. The predicted molar refractivity (Wildman–Crippen MR) is 107 cm³/mol. The monoisotopic (exact) mass is 424 g/mol. The summed E-state index contributed by atoms with van der Waals surface area (Å²) < 4.78 is 4.03. The average molecular weight is 425 g/mol. The molecule has 1 aliphatic rings. The Hall–Kier alpha value is -1.94. The van der Waals surface area contributed by atoms with Gasteiger partial charge in [-0.05, 0) is 45.7 Å². The van der Waals surface area contributed by atoms with Crippen molar-refractivity contribution >= 4 is 44.6 Å². The van der Waals surface area contributed by atoms with Crippen LogP contribution in [0.15, 0.2) is 16.9 Å². The van der Waals surface area contributed by atoms with E-state index >= 15 is 0 Å². The zero-order chi connectivity index (χ0) is 20.4. The first-order chi connectivity index (χ1) is 12.9. The van der Waals surface area contributed by atoms with Crippen molar-refractivity contribution in [3.05, 3.63) is 32.6 Å². The van der Waals surface area contributed by atoms with Crippen molar-refractivity contribution in [3.63, 3.8) is 0 Å². The fourth-order valence-corrected chi connectivity index (χ4v) is 4.86. The number of thiophene rings is 1. The molecule has 1 aliphatic carbocycles. The lowest BCUT2D eigenvalue weighted by atomic mass is 9.77. The number of carbonyl (C=O) groups excluding carboxylic acids is 1. The summed E-state index contributed by atoms with van der Waals surface area (Å²) in [6.07, 6.45) is 0.954. The third kappa shape index (κ3) is 3.32. The van der Waals surface area contributed by atoms with E-state index in [2.05, 4.69) is 10.4 Å². The summed E-state index contributed by atoms with van der Waals surface area (Å²) in [5.74, 6) is -0.122. The number of nitrogens with zero attached hydrogens (tertiary/aromatic N) is 3. The van der Waals surface area contributed by atoms with E-state index in [9.17, 15) is 19.8 Å². The topological polar surface area (TPSA) is 109 Å². The van der Waals surface area contributed by atoms with Gasteiger partial charge in [0.15, 0.2) is 5.82 Å². The number of nitrogens with one attached hydrogen (secondary N) is 1. The maximum atomic E-state index is 12.9. The van der Waals surface area contributed by atoms with Crippen LogP contribution in [0.4, 0.5) is 0 Å². The summed E-state index contributed by atoms with van der Waals surface area (Å²) in [5, 5.41) is 27.5. The van der Waals surface area contributed by atoms with E-state index in [1.807, 2.05) is 0 Å². The Morgan fingerprint density at radius 2 is 2.11 bits per heavy atom. The molecule has 0 bridgehead atoms. The largest absolute Gasteiger partial charge is 0.390 e. The van der Waals surface area contributed by atoms with Gasteiger partial charge < -0.3 is 15.5 Å². The summed E-state index contributed by atoms with van der Waals surface area (Å²) in [6.45, 7) is 4.59. The van der Waals surface area contributed by atoms with Gasteiger partial charge in [0.2, 0.25) is 5.91 Å². The second-order valence-corrected chi connectivity index (χ2v) is 9.90. The van der Waals surface area contributed by atoms with Crippen molar-refractivity contribution in [1.29, 1.82) is 0 Å². The molecule has 1 fully saturated rings. The van der Waals surface area contributed by atoms with E-state index in [1.165, 1.54) is 11.3 Å². The number of fused-ring (bicyclic) bond motifs is 3. The zero-order valence-electron chi connectivity index (χ0n) is 15.7. The van der Waals surface area contributed by atoms with Crippen molar-refractivity contribution in [2.45, 2.75) is 57.4 Å². The maximum absolute atomic E-state index is 12.9. The second kappa shape index (κ2) is 6.28. The molecule has 0 radical (unpaired) electrons. The van der Waals surface area contributed by atoms with E-state index in [4.69, 9.17) is 11.6 Å². The summed E-state index contributed by atoms with van der Waals surface area (Å²) in [6, 6.07) is 3.31. The number of rotatable bonds is 4. The Balaban J connectivity index is 1.74. The number of halogens is 1. The first-order valence-electron chi connectivity index (χ1n) is 8.91. The van der Waals surface area contributed by atoms with E-state index < -0.39 is 16.8 Å². The molecule has 150 valence electrons. The van der Waals surface area contributed by atoms with Gasteiger partial charge in [0.1, 0.15) is 17.7 Å². The van der Waals surface area contributed by atoms with Crippen LogP contribution in [-0.2, 0) is 16.9 Å². The minimum atomic E-state index is -1.35. The van der Waals surface area contributed by atoms with Gasteiger partial charge in [-0.15, -0.1) is 11.3 Å². The van der Waals surface area contributed by atoms with Gasteiger partial charge in [-0.2, -0.15) is 5.10 Å². The summed E-state index contributed by atoms with van der Waals surface area (Å²) >= 11 is 7.42. The number of aliphatic hydroxyl groups is 2. The molecule has 3 aromatic heterocycles. The van der Waals surface area contributed by atoms with Crippen molar-refractivity contribution in [2.24, 2.45) is 0 Å². The summed E-state index contributed by atoms with van der Waals surface area (Å²) in [7, 11) is 0. The maximum Gasteiger partial charge on any atom is 0.291 e. The van der Waals surface area contributed by atoms with E-state index in [1.54, 1.807) is 37.3 Å². The molecule has 10 heteroatoms. The quantitative estimate of drug-likeness (QED) is 0.589. The lowest BCUT2D eigenvalue weighted by Gasteiger charge is -2.41. The van der Waals surface area contributed by atoms with Crippen molar-refractivity contribution in [2.75, 3.05) is 0 Å². The molecule has 0 aromatic carbocycles. The first-order valence-corrected chi connectivity index (χ1v) is 10.1. The highest BCUT2D eigenvalue weighted by molar-refractivity contribution is 7.22. The fourth-order valence-electron chi connectivity index (χ4n) is 3.70. The van der Waals surface area contributed by atoms with Crippen LogP contribution in [0, 0.1) is 0 Å². The first kappa shape index (κ1) is 19.4. The molecular weight excluding hydrogens is 404 g/mol. The van der Waals surface area contributed by atoms with Gasteiger partial charge in [-0.1, -0.05) is 11.6 Å². The molecule has 0 atom stereocenters. The third-order valence-corrected chi connectivity index (χ3v) is 6.12. The molecule has 0 saturated heterocycles. The van der Waals surface area contributed by atoms with E-state index in [0.717, 1.165) is 9.38 Å². The van der Waals surface area contributed by atoms with Crippen LogP contribution < -0.4 is 10.9 Å². The van der Waals surface area contributed by atoms with Crippen molar-refractivity contribution in [3.8, 4) is 0 Å². The summed E-state index contributed by atoms with van der Waals surface area (Å²) in [5.41, 5.74) is -1.51. The van der Waals surface area contributed by atoms with Crippen LogP contribution in [0.3, 0.4) is 0 Å². The molecule has 8 nitrogen and oxygen atoms in total. The third-order valence-electron chi connectivity index (χ3n) is 4.92. The SMILES string of the molecule is CC(C)(O)c1nn(CC(=O)N[C@H]2C[C@@](C)(O)C2)c(=O)c2cc3sc(Cl)cc3n12. The van der Waals surface area contributed by atoms with E-state index in [0.29, 0.717) is 28.2 Å². The lowest BCUT2D eigenvalue weighted by molar-refractivity contribution is -0.125. The minimum Gasteiger partial charge on any atom is -0.390 e. The van der Waals surface area contributed by atoms with E-state index in [-0.39, 0.29) is 24.3 Å². The Kier molecular flexibility index (Phi) is 4.35. The number of carbonyl (C=O) groups is 1. The predicted octanol–water partition coefficient (Wildman–Crippen LogP) is 1.62. The Labute approximate surface area is 169 Å². The van der Waals surface area contributed by atoms with Crippen LogP contribution in [0.5, 0.6) is 0 Å². The van der Waals surface area contributed by atoms with Gasteiger partial charge in [0.05, 0.1) is 20.2 Å². The number of aromatic nitrogens is 3. The Morgan fingerprint density at radius 1 is 1.43 bits per heavy atom. The standard InChI is InChI=1S/C18H21ClN4O4S/c1-17(2,26)16-21-22(8-14(24)20-9-6-18(3,27)7-9)15(25)11-4-12-10(23(11)16)5-13(19)28-12/h4-5,9,26-27H,6-8H2,1-3H3,(H,20,24)/t9-,18+. The fraction of sp³-hybridized carbons (Fsp3) is 0.500. The molecule has 0 unspecified atom stereocenters. The highest BCUT2D eigenvalue weighted by atomic mass is 35.5. The molecule has 1 amide bonds. The highest BCUT2D eigenvalue weighted by Gasteiger charge is 2.39. The molecule has 1 saturated carbocycles. The highest BCUT2D eigenvalue weighted by Crippen LogP contribution is 2.33. The molecule has 28 heavy (non-hydrogen) atoms. The van der Waals surface area contributed by atoms with Crippen LogP contribution >= 0.6 is 22.9 Å². The van der Waals surface area contributed by atoms with Crippen LogP contribution in [0.25, 0.3) is 15.7 Å². The van der Waals surface area contributed by atoms with Gasteiger partial charge in [0.25, 0.3) is 5.56 Å². The summed E-state index contributed by atoms with van der Waals surface area (Å²) in [4.78, 5) is 25.3. The lowest BCUT2D eigenvalue weighted by Crippen LogP contribution is -2.54. The molecule has 3 aromatic rings. The van der Waals surface area contributed by atoms with Gasteiger partial charge in [-0.25, -0.2) is 4.68 Å².